The first-order valence-electron chi connectivity index (χ1n) is 13.3. The molecular weight excluding hydrogens is 384 g/mol. The van der Waals surface area contributed by atoms with E-state index in [0.717, 1.165) is 30.8 Å². The van der Waals surface area contributed by atoms with E-state index in [2.05, 4.69) is 33.8 Å². The Bertz CT molecular complexity index is 751. The van der Waals surface area contributed by atoms with Crippen molar-refractivity contribution in [2.45, 2.75) is 103 Å². The molecular formula is C28H44O3. The highest BCUT2D eigenvalue weighted by molar-refractivity contribution is 5.26. The van der Waals surface area contributed by atoms with E-state index in [0.29, 0.717) is 40.8 Å². The fourth-order valence-corrected chi connectivity index (χ4v) is 9.85. The topological polar surface area (TPSA) is 27.7 Å². The molecule has 6 rings (SSSR count). The van der Waals surface area contributed by atoms with Crippen molar-refractivity contribution in [2.24, 2.45) is 46.3 Å². The standard InChI is InChI=1S/C28H44O3/c1-17-8-13-28(30-16-17)18(2)25-24(31-28)15-23-21-7-6-19-14-20(29-5)9-11-26(19,3)22(21)10-12-27(23,25)4/h6,17-18,20-25H,7-16H2,1-5H3/t17-,18+,20+,21?,22?,23?,24+,25+,26+,27+,28?/m1/s1. The van der Waals surface area contributed by atoms with Crippen molar-refractivity contribution in [3.63, 3.8) is 0 Å². The van der Waals surface area contributed by atoms with E-state index in [-0.39, 0.29) is 5.79 Å². The van der Waals surface area contributed by atoms with Gasteiger partial charge in [-0.1, -0.05) is 39.3 Å². The van der Waals surface area contributed by atoms with Gasteiger partial charge in [-0.25, -0.2) is 0 Å². The van der Waals surface area contributed by atoms with Crippen LogP contribution in [0.25, 0.3) is 0 Å². The summed E-state index contributed by atoms with van der Waals surface area (Å²) in [5, 5.41) is 0. The van der Waals surface area contributed by atoms with E-state index >= 15 is 0 Å². The first-order chi connectivity index (χ1) is 14.8. The summed E-state index contributed by atoms with van der Waals surface area (Å²) < 4.78 is 19.2. The molecule has 174 valence electrons. The summed E-state index contributed by atoms with van der Waals surface area (Å²) >= 11 is 0. The van der Waals surface area contributed by atoms with Crippen LogP contribution in [0.5, 0.6) is 0 Å². The molecule has 0 aromatic heterocycles. The number of ether oxygens (including phenoxy) is 3. The van der Waals surface area contributed by atoms with Crippen LogP contribution in [0.4, 0.5) is 0 Å². The molecule has 1 spiro atoms. The summed E-state index contributed by atoms with van der Waals surface area (Å²) in [6.07, 6.45) is 14.9. The summed E-state index contributed by atoms with van der Waals surface area (Å²) in [6.45, 7) is 10.9. The minimum atomic E-state index is -0.281. The van der Waals surface area contributed by atoms with E-state index in [9.17, 15) is 0 Å². The van der Waals surface area contributed by atoms with Gasteiger partial charge in [-0.3, -0.25) is 0 Å². The van der Waals surface area contributed by atoms with Crippen molar-refractivity contribution in [2.75, 3.05) is 13.7 Å². The largest absolute Gasteiger partial charge is 0.381 e. The van der Waals surface area contributed by atoms with Crippen molar-refractivity contribution < 1.29 is 14.2 Å². The van der Waals surface area contributed by atoms with Crippen LogP contribution in [0.2, 0.25) is 0 Å². The fraction of sp³-hybridized carbons (Fsp3) is 0.929. The average Bonchev–Trinajstić information content (AvgIpc) is 3.20. The van der Waals surface area contributed by atoms with Gasteiger partial charge in [0.15, 0.2) is 5.79 Å². The lowest BCUT2D eigenvalue weighted by Crippen LogP contribution is -2.52. The molecule has 4 unspecified atom stereocenters. The average molecular weight is 429 g/mol. The van der Waals surface area contributed by atoms with Crippen molar-refractivity contribution in [3.8, 4) is 0 Å². The van der Waals surface area contributed by atoms with Gasteiger partial charge >= 0.3 is 0 Å². The third kappa shape index (κ3) is 2.81. The van der Waals surface area contributed by atoms with Gasteiger partial charge in [0.25, 0.3) is 0 Å². The number of rotatable bonds is 1. The lowest BCUT2D eigenvalue weighted by atomic mass is 9.47. The molecule has 0 bridgehead atoms. The molecule has 2 aliphatic heterocycles. The van der Waals surface area contributed by atoms with Crippen LogP contribution in [0.3, 0.4) is 0 Å². The lowest BCUT2D eigenvalue weighted by Gasteiger charge is -2.58. The van der Waals surface area contributed by atoms with Gasteiger partial charge in [-0.05, 0) is 91.8 Å². The highest BCUT2D eigenvalue weighted by Crippen LogP contribution is 2.70. The zero-order valence-corrected chi connectivity index (χ0v) is 20.5. The van der Waals surface area contributed by atoms with Gasteiger partial charge in [-0.15, -0.1) is 0 Å². The maximum atomic E-state index is 6.92. The Balaban J connectivity index is 1.27. The highest BCUT2D eigenvalue weighted by atomic mass is 16.7. The van der Waals surface area contributed by atoms with Crippen LogP contribution in [0.1, 0.15) is 85.5 Å². The smallest absolute Gasteiger partial charge is 0.171 e. The van der Waals surface area contributed by atoms with E-state index in [1.165, 1.54) is 51.4 Å². The molecule has 0 aromatic carbocycles. The Hall–Kier alpha value is -0.380. The van der Waals surface area contributed by atoms with Gasteiger partial charge in [0.1, 0.15) is 0 Å². The zero-order valence-electron chi connectivity index (χ0n) is 20.5. The van der Waals surface area contributed by atoms with Crippen LogP contribution in [-0.4, -0.2) is 31.7 Å². The molecule has 0 amide bonds. The van der Waals surface area contributed by atoms with Crippen molar-refractivity contribution in [3.05, 3.63) is 11.6 Å². The Kier molecular flexibility index (Phi) is 4.82. The Morgan fingerprint density at radius 3 is 2.61 bits per heavy atom. The highest BCUT2D eigenvalue weighted by Gasteiger charge is 2.68. The van der Waals surface area contributed by atoms with Crippen LogP contribution >= 0.6 is 0 Å². The first kappa shape index (κ1) is 21.2. The first-order valence-corrected chi connectivity index (χ1v) is 13.3. The molecule has 0 N–H and O–H groups in total. The van der Waals surface area contributed by atoms with E-state index in [4.69, 9.17) is 14.2 Å². The second-order valence-corrected chi connectivity index (χ2v) is 12.9. The molecule has 11 atom stereocenters. The maximum absolute atomic E-state index is 6.92. The van der Waals surface area contributed by atoms with Crippen molar-refractivity contribution >= 4 is 0 Å². The monoisotopic (exact) mass is 428 g/mol. The fourth-order valence-electron chi connectivity index (χ4n) is 9.85. The van der Waals surface area contributed by atoms with Gasteiger partial charge in [0.2, 0.25) is 0 Å². The Labute approximate surface area is 189 Å². The quantitative estimate of drug-likeness (QED) is 0.454. The minimum Gasteiger partial charge on any atom is -0.381 e. The van der Waals surface area contributed by atoms with Gasteiger partial charge in [-0.2, -0.15) is 0 Å². The zero-order chi connectivity index (χ0) is 21.6. The molecule has 2 heterocycles. The number of hydrogen-bond acceptors (Lipinski definition) is 3. The Morgan fingerprint density at radius 1 is 1.03 bits per heavy atom. The van der Waals surface area contributed by atoms with Crippen LogP contribution < -0.4 is 0 Å². The third-order valence-electron chi connectivity index (χ3n) is 11.7. The molecule has 6 aliphatic rings. The number of methoxy groups -OCH3 is 1. The van der Waals surface area contributed by atoms with E-state index < -0.39 is 0 Å². The van der Waals surface area contributed by atoms with Crippen LogP contribution in [0.15, 0.2) is 11.6 Å². The molecule has 3 heteroatoms. The molecule has 31 heavy (non-hydrogen) atoms. The number of allylic oxidation sites excluding steroid dienone is 1. The number of fused-ring (bicyclic) bond motifs is 7. The number of hydrogen-bond donors (Lipinski definition) is 0. The Morgan fingerprint density at radius 2 is 1.87 bits per heavy atom. The predicted molar refractivity (Wildman–Crippen MR) is 122 cm³/mol. The second kappa shape index (κ2) is 7.06. The van der Waals surface area contributed by atoms with Gasteiger partial charge < -0.3 is 14.2 Å². The summed E-state index contributed by atoms with van der Waals surface area (Å²) in [5.41, 5.74) is 2.56. The molecule has 0 radical (unpaired) electrons. The molecule has 0 aromatic rings. The lowest BCUT2D eigenvalue weighted by molar-refractivity contribution is -0.272. The normalized spacial score (nSPS) is 58.3. The molecule has 3 saturated carbocycles. The van der Waals surface area contributed by atoms with Gasteiger partial charge in [0.05, 0.1) is 18.8 Å². The summed E-state index contributed by atoms with van der Waals surface area (Å²) in [6, 6.07) is 0. The molecule has 5 fully saturated rings. The maximum Gasteiger partial charge on any atom is 0.171 e. The summed E-state index contributed by atoms with van der Waals surface area (Å²) in [5.74, 6) is 4.12. The van der Waals surface area contributed by atoms with Crippen LogP contribution in [0, 0.1) is 46.3 Å². The third-order valence-corrected chi connectivity index (χ3v) is 11.7. The van der Waals surface area contributed by atoms with Crippen molar-refractivity contribution in [1.82, 2.24) is 0 Å². The minimum absolute atomic E-state index is 0.281. The van der Waals surface area contributed by atoms with Gasteiger partial charge in [0, 0.05) is 19.4 Å². The molecule has 4 aliphatic carbocycles. The van der Waals surface area contributed by atoms with Crippen LogP contribution in [-0.2, 0) is 14.2 Å². The predicted octanol–water partition coefficient (Wildman–Crippen LogP) is 6.37. The van der Waals surface area contributed by atoms with E-state index in [1.807, 2.05) is 7.11 Å². The summed E-state index contributed by atoms with van der Waals surface area (Å²) in [7, 11) is 1.90. The summed E-state index contributed by atoms with van der Waals surface area (Å²) in [4.78, 5) is 0. The van der Waals surface area contributed by atoms with E-state index in [1.54, 1.807) is 5.57 Å². The SMILES string of the molecule is CO[C@H]1CC[C@@]2(C)C(=CCC3C2CC[C@@]2(C)C3C[C@@H]3OC4(CC[C@@H](C)CO4)[C@@H](C)[C@@H]32)C1. The molecule has 2 saturated heterocycles. The second-order valence-electron chi connectivity index (χ2n) is 12.9. The van der Waals surface area contributed by atoms with Crippen molar-refractivity contribution in [1.29, 1.82) is 0 Å². The molecule has 3 nitrogen and oxygen atoms in total.